The van der Waals surface area contributed by atoms with Crippen molar-refractivity contribution < 1.29 is 9.59 Å². The summed E-state index contributed by atoms with van der Waals surface area (Å²) in [4.78, 5) is 28.6. The Hall–Kier alpha value is -1.84. The van der Waals surface area contributed by atoms with Crippen LogP contribution in [-0.2, 0) is 11.3 Å². The number of urea groups is 1. The summed E-state index contributed by atoms with van der Waals surface area (Å²) in [6.45, 7) is 0.406. The Morgan fingerprint density at radius 1 is 1.05 bits per heavy atom. The quantitative estimate of drug-likeness (QED) is 0.784. The van der Waals surface area contributed by atoms with Crippen molar-refractivity contribution in [2.45, 2.75) is 50.7 Å². The van der Waals surface area contributed by atoms with Gasteiger partial charge in [-0.05, 0) is 30.7 Å². The largest absolute Gasteiger partial charge is 0.328 e. The first-order valence-electron chi connectivity index (χ1n) is 7.93. The van der Waals surface area contributed by atoms with Gasteiger partial charge in [-0.1, -0.05) is 43.2 Å². The molecule has 2 heterocycles. The molecular weight excluding hydrogens is 264 g/mol. The van der Waals surface area contributed by atoms with Gasteiger partial charge in [0.15, 0.2) is 0 Å². The number of fused-ring (bicyclic) bond motifs is 3. The molecule has 0 bridgehead atoms. The number of carbonyl (C=O) groups excluding carboxylic acids is 2. The summed E-state index contributed by atoms with van der Waals surface area (Å²) < 4.78 is 0. The second kappa shape index (κ2) is 4.86. The molecule has 3 fully saturated rings. The van der Waals surface area contributed by atoms with Gasteiger partial charge in [0, 0.05) is 6.04 Å². The third-order valence-electron chi connectivity index (χ3n) is 5.27. The Morgan fingerprint density at radius 3 is 2.62 bits per heavy atom. The van der Waals surface area contributed by atoms with Crippen molar-refractivity contribution >= 4 is 11.9 Å². The molecule has 4 nitrogen and oxygen atoms in total. The molecule has 1 aliphatic carbocycles. The highest BCUT2D eigenvalue weighted by molar-refractivity contribution is 6.04. The molecule has 0 spiro atoms. The summed E-state index contributed by atoms with van der Waals surface area (Å²) in [7, 11) is 0. The molecule has 3 amide bonds. The Balaban J connectivity index is 1.57. The van der Waals surface area contributed by atoms with Crippen molar-refractivity contribution in [3.63, 3.8) is 0 Å². The maximum atomic E-state index is 12.7. The summed E-state index contributed by atoms with van der Waals surface area (Å²) in [6.07, 6.45) is 5.55. The van der Waals surface area contributed by atoms with E-state index in [1.807, 2.05) is 35.2 Å². The first-order chi connectivity index (χ1) is 10.3. The van der Waals surface area contributed by atoms with Gasteiger partial charge >= 0.3 is 6.03 Å². The van der Waals surface area contributed by atoms with Gasteiger partial charge in [0.05, 0.1) is 6.54 Å². The van der Waals surface area contributed by atoms with E-state index in [1.165, 1.54) is 24.2 Å². The number of benzene rings is 1. The van der Waals surface area contributed by atoms with Crippen LogP contribution in [0.1, 0.15) is 37.7 Å². The summed E-state index contributed by atoms with van der Waals surface area (Å²) >= 11 is 0. The number of hydrogen-bond donors (Lipinski definition) is 0. The van der Waals surface area contributed by atoms with Crippen molar-refractivity contribution in [3.05, 3.63) is 35.9 Å². The maximum Gasteiger partial charge on any atom is 0.328 e. The van der Waals surface area contributed by atoms with Crippen molar-refractivity contribution in [1.82, 2.24) is 9.80 Å². The maximum absolute atomic E-state index is 12.7. The van der Waals surface area contributed by atoms with Gasteiger partial charge in [-0.2, -0.15) is 0 Å². The minimum Gasteiger partial charge on any atom is -0.309 e. The second-order valence-electron chi connectivity index (χ2n) is 6.46. The van der Waals surface area contributed by atoms with E-state index in [1.54, 1.807) is 0 Å². The number of amides is 3. The van der Waals surface area contributed by atoms with Crippen LogP contribution in [0.3, 0.4) is 0 Å². The van der Waals surface area contributed by atoms with Gasteiger partial charge < -0.3 is 4.90 Å². The fourth-order valence-electron chi connectivity index (χ4n) is 4.28. The lowest BCUT2D eigenvalue weighted by Crippen LogP contribution is -2.41. The molecule has 21 heavy (non-hydrogen) atoms. The molecule has 110 valence electrons. The van der Waals surface area contributed by atoms with E-state index in [4.69, 9.17) is 0 Å². The molecule has 3 aliphatic rings. The highest BCUT2D eigenvalue weighted by Gasteiger charge is 2.55. The van der Waals surface area contributed by atoms with Crippen LogP contribution < -0.4 is 0 Å². The Kier molecular flexibility index (Phi) is 2.98. The van der Waals surface area contributed by atoms with Gasteiger partial charge in [-0.15, -0.1) is 0 Å². The molecule has 2 saturated heterocycles. The van der Waals surface area contributed by atoms with E-state index in [9.17, 15) is 9.59 Å². The first kappa shape index (κ1) is 12.9. The van der Waals surface area contributed by atoms with Crippen LogP contribution in [0.15, 0.2) is 30.3 Å². The van der Waals surface area contributed by atoms with Gasteiger partial charge in [0.1, 0.15) is 6.04 Å². The van der Waals surface area contributed by atoms with E-state index in [0.29, 0.717) is 18.5 Å². The van der Waals surface area contributed by atoms with Crippen LogP contribution in [0.2, 0.25) is 0 Å². The standard InChI is InChI=1S/C17H20N2O2/c20-16-15-10-13-8-4-5-9-14(13)19(15)17(21)18(16)11-12-6-2-1-3-7-12/h1-3,6-7,13-15H,4-5,8-11H2. The number of carbonyl (C=O) groups is 2. The normalized spacial score (nSPS) is 31.5. The molecular formula is C17H20N2O2. The number of nitrogens with zero attached hydrogens (tertiary/aromatic N) is 2. The topological polar surface area (TPSA) is 40.6 Å². The predicted molar refractivity (Wildman–Crippen MR) is 78.4 cm³/mol. The van der Waals surface area contributed by atoms with Crippen molar-refractivity contribution in [2.75, 3.05) is 0 Å². The lowest BCUT2D eigenvalue weighted by molar-refractivity contribution is -0.128. The molecule has 4 rings (SSSR count). The molecule has 1 aromatic carbocycles. The SMILES string of the molecule is O=C1C2CC3CCCCC3N2C(=O)N1Cc1ccccc1. The van der Waals surface area contributed by atoms with E-state index in [2.05, 4.69) is 0 Å². The van der Waals surface area contributed by atoms with Gasteiger partial charge in [-0.25, -0.2) is 4.79 Å². The zero-order valence-electron chi connectivity index (χ0n) is 12.1. The fourth-order valence-corrected chi connectivity index (χ4v) is 4.28. The molecule has 3 unspecified atom stereocenters. The number of hydrogen-bond acceptors (Lipinski definition) is 2. The predicted octanol–water partition coefficient (Wildman–Crippen LogP) is 2.78. The van der Waals surface area contributed by atoms with Crippen LogP contribution in [0, 0.1) is 5.92 Å². The van der Waals surface area contributed by atoms with Gasteiger partial charge in [0.2, 0.25) is 0 Å². The molecule has 3 atom stereocenters. The van der Waals surface area contributed by atoms with Crippen LogP contribution in [0.5, 0.6) is 0 Å². The Bertz CT molecular complexity index is 571. The molecule has 0 aromatic heterocycles. The Labute approximate surface area is 124 Å². The number of imide groups is 1. The first-order valence-corrected chi connectivity index (χ1v) is 7.93. The highest BCUT2D eigenvalue weighted by Crippen LogP contribution is 2.43. The number of rotatable bonds is 2. The van der Waals surface area contributed by atoms with E-state index < -0.39 is 0 Å². The summed E-state index contributed by atoms with van der Waals surface area (Å²) in [5.41, 5.74) is 1.01. The average molecular weight is 284 g/mol. The van der Waals surface area contributed by atoms with Crippen molar-refractivity contribution in [1.29, 1.82) is 0 Å². The molecule has 2 aliphatic heterocycles. The minimum atomic E-state index is -0.186. The molecule has 1 saturated carbocycles. The molecule has 1 aromatic rings. The highest BCUT2D eigenvalue weighted by atomic mass is 16.2. The smallest absolute Gasteiger partial charge is 0.309 e. The van der Waals surface area contributed by atoms with E-state index in [0.717, 1.165) is 18.4 Å². The monoisotopic (exact) mass is 284 g/mol. The summed E-state index contributed by atoms with van der Waals surface area (Å²) in [5, 5.41) is 0. The zero-order valence-corrected chi connectivity index (χ0v) is 12.1. The van der Waals surface area contributed by atoms with Gasteiger partial charge in [-0.3, -0.25) is 9.69 Å². The van der Waals surface area contributed by atoms with Crippen LogP contribution in [0.4, 0.5) is 4.79 Å². The summed E-state index contributed by atoms with van der Waals surface area (Å²) in [5.74, 6) is 0.564. The third-order valence-corrected chi connectivity index (χ3v) is 5.27. The second-order valence-corrected chi connectivity index (χ2v) is 6.46. The van der Waals surface area contributed by atoms with Crippen molar-refractivity contribution in [2.24, 2.45) is 5.92 Å². The van der Waals surface area contributed by atoms with Gasteiger partial charge in [0.25, 0.3) is 5.91 Å². The van der Waals surface area contributed by atoms with Crippen LogP contribution >= 0.6 is 0 Å². The van der Waals surface area contributed by atoms with Crippen LogP contribution in [-0.4, -0.2) is 33.8 Å². The molecule has 4 heteroatoms. The third kappa shape index (κ3) is 1.96. The average Bonchev–Trinajstić information content (AvgIpc) is 3.00. The van der Waals surface area contributed by atoms with Crippen molar-refractivity contribution in [3.8, 4) is 0 Å². The zero-order chi connectivity index (χ0) is 14.4. The lowest BCUT2D eigenvalue weighted by atomic mass is 9.84. The molecule has 0 radical (unpaired) electrons. The van der Waals surface area contributed by atoms with E-state index >= 15 is 0 Å². The minimum absolute atomic E-state index is 0.0123. The van der Waals surface area contributed by atoms with Crippen LogP contribution in [0.25, 0.3) is 0 Å². The van der Waals surface area contributed by atoms with E-state index in [-0.39, 0.29) is 18.0 Å². The Morgan fingerprint density at radius 2 is 1.81 bits per heavy atom. The molecule has 0 N–H and O–H groups in total. The fraction of sp³-hybridized carbons (Fsp3) is 0.529. The summed E-state index contributed by atoms with van der Waals surface area (Å²) in [6, 6.07) is 9.82. The lowest BCUT2D eigenvalue weighted by Gasteiger charge is -2.31.